The molecule has 0 unspecified atom stereocenters. The van der Waals surface area contributed by atoms with Gasteiger partial charge in [-0.15, -0.1) is 24.8 Å². The maximum absolute atomic E-state index is 6.08. The van der Waals surface area contributed by atoms with Crippen LogP contribution in [0.15, 0.2) is 21.5 Å². The molecule has 138 valence electrons. The van der Waals surface area contributed by atoms with Crippen LogP contribution in [0.5, 0.6) is 0 Å². The summed E-state index contributed by atoms with van der Waals surface area (Å²) in [5, 5.41) is 0. The third-order valence-electron chi connectivity index (χ3n) is 3.98. The molecule has 0 atom stereocenters. The van der Waals surface area contributed by atoms with Gasteiger partial charge in [-0.1, -0.05) is 0 Å². The number of rotatable bonds is 7. The van der Waals surface area contributed by atoms with Gasteiger partial charge in [-0.25, -0.2) is 0 Å². The van der Waals surface area contributed by atoms with Crippen LogP contribution in [0.2, 0.25) is 28.4 Å². The maximum atomic E-state index is 6.08. The summed E-state index contributed by atoms with van der Waals surface area (Å²) < 4.78 is 15.8. The quantitative estimate of drug-likeness (QED) is 0.415. The molecule has 0 radical (unpaired) electrons. The van der Waals surface area contributed by atoms with Crippen LogP contribution in [0.3, 0.4) is 0 Å². The second-order valence-corrected chi connectivity index (χ2v) is 39.6. The van der Waals surface area contributed by atoms with Gasteiger partial charge in [0.05, 0.1) is 0 Å². The van der Waals surface area contributed by atoms with Gasteiger partial charge in [0.2, 0.25) is 0 Å². The van der Waals surface area contributed by atoms with Crippen LogP contribution in [0.1, 0.15) is 33.6 Å². The number of nitrogens with one attached hydrogen (secondary N) is 1. The Kier molecular flexibility index (Phi) is 10.7. The van der Waals surface area contributed by atoms with Gasteiger partial charge in [-0.3, -0.25) is 0 Å². The first-order valence-electron chi connectivity index (χ1n) is 8.17. The van der Waals surface area contributed by atoms with E-state index in [9.17, 15) is 0 Å². The largest absolute Gasteiger partial charge is 0.147 e. The van der Waals surface area contributed by atoms with Gasteiger partial charge in [0.1, 0.15) is 0 Å². The van der Waals surface area contributed by atoms with Gasteiger partial charge in [0.15, 0.2) is 0 Å². The van der Waals surface area contributed by atoms with E-state index in [0.29, 0.717) is 0 Å². The summed E-state index contributed by atoms with van der Waals surface area (Å²) in [6.07, 6.45) is 9.28. The zero-order valence-corrected chi connectivity index (χ0v) is 22.5. The second kappa shape index (κ2) is 9.30. The van der Waals surface area contributed by atoms with E-state index >= 15 is 0 Å². The molecule has 23 heavy (non-hydrogen) atoms. The SMILES string of the molecule is CC(C)(C)[NH][Zr]([CH3])(=[SiH2])([CH2]CCO[Si](C)(C)C)[C]1=CC=CC1.Cl.Cl. The fourth-order valence-electron chi connectivity index (χ4n) is 3.31. The van der Waals surface area contributed by atoms with Crippen LogP contribution in [0.25, 0.3) is 0 Å². The first kappa shape index (κ1) is 26.5. The van der Waals surface area contributed by atoms with Gasteiger partial charge in [0, 0.05) is 0 Å². The molecular formula is C16H37Cl2NOSi2Zr. The predicted molar refractivity (Wildman–Crippen MR) is 112 cm³/mol. The van der Waals surface area contributed by atoms with Crippen LogP contribution in [0, 0.1) is 0 Å². The van der Waals surface area contributed by atoms with Crippen molar-refractivity contribution in [2.45, 2.75) is 67.6 Å². The molecule has 0 bridgehead atoms. The minimum absolute atomic E-state index is 0. The molecule has 2 nitrogen and oxygen atoms in total. The van der Waals surface area contributed by atoms with Gasteiger partial charge in [-0.2, -0.15) is 0 Å². The minimum Gasteiger partial charge on any atom is -0.147 e. The summed E-state index contributed by atoms with van der Waals surface area (Å²) in [6, 6.07) is 0. The van der Waals surface area contributed by atoms with Crippen molar-refractivity contribution in [1.29, 1.82) is 0 Å². The van der Waals surface area contributed by atoms with Gasteiger partial charge in [0.25, 0.3) is 0 Å². The molecule has 1 aliphatic carbocycles. The van der Waals surface area contributed by atoms with Gasteiger partial charge >= 0.3 is 136 Å². The molecule has 0 saturated heterocycles. The topological polar surface area (TPSA) is 21.3 Å². The van der Waals surface area contributed by atoms with Crippen molar-refractivity contribution in [1.82, 2.24) is 3.26 Å². The predicted octanol–water partition coefficient (Wildman–Crippen LogP) is 4.92. The van der Waals surface area contributed by atoms with Crippen molar-refractivity contribution < 1.29 is 22.1 Å². The van der Waals surface area contributed by atoms with Crippen molar-refractivity contribution in [2.24, 2.45) is 0 Å². The normalized spacial score (nSPS) is 15.7. The summed E-state index contributed by atoms with van der Waals surface area (Å²) in [6.45, 7) is 17.0. The zero-order chi connectivity index (χ0) is 16.4. The molecule has 0 aromatic rings. The summed E-state index contributed by atoms with van der Waals surface area (Å²) in [5.74, 6) is 0. The third-order valence-corrected chi connectivity index (χ3v) is 24.2. The minimum atomic E-state index is -3.03. The first-order chi connectivity index (χ1) is 9.31. The van der Waals surface area contributed by atoms with Crippen LogP contribution in [0.4, 0.5) is 0 Å². The van der Waals surface area contributed by atoms with Gasteiger partial charge < -0.3 is 0 Å². The zero-order valence-electron chi connectivity index (χ0n) is 16.0. The standard InChI is InChI=1S/C6H15OSi.C5H5.C4H10N.CH3.2ClH.H2Si.Zr/c1-5-6-7-8(2,3)4;1-2-4-5-3-1;1-4(2,3)5;;;;;/h1,5-6H2,2-4H3;1-3H,4H2;5H,1-3H3;1H3;2*1H;1H2;/q;;-1;;;;;+1. The number of hydrogen-bond donors (Lipinski definition) is 1. The average molecular weight is 478 g/mol. The fraction of sp³-hybridized carbons (Fsp3) is 0.750. The molecule has 0 heterocycles. The van der Waals surface area contributed by atoms with Crippen LogP contribution in [-0.2, 0) is 22.1 Å². The van der Waals surface area contributed by atoms with E-state index in [1.54, 1.807) is 3.28 Å². The Labute approximate surface area is 160 Å². The molecule has 0 aromatic carbocycles. The van der Waals surface area contributed by atoms with Crippen LogP contribution < -0.4 is 3.26 Å². The van der Waals surface area contributed by atoms with E-state index in [-0.39, 0.29) is 30.4 Å². The summed E-state index contributed by atoms with van der Waals surface area (Å²) in [7, 11) is -1.38. The van der Waals surface area contributed by atoms with E-state index in [2.05, 4.69) is 73.4 Å². The van der Waals surface area contributed by atoms with Crippen molar-refractivity contribution in [3.8, 4) is 0 Å². The van der Waals surface area contributed by atoms with E-state index in [1.807, 2.05) is 0 Å². The Morgan fingerprint density at radius 1 is 1.26 bits per heavy atom. The monoisotopic (exact) mass is 475 g/mol. The van der Waals surface area contributed by atoms with Crippen molar-refractivity contribution in [3.63, 3.8) is 0 Å². The molecule has 1 aliphatic rings. The average Bonchev–Trinajstić information content (AvgIpc) is 2.74. The Hall–Kier alpha value is 1.30. The van der Waals surface area contributed by atoms with E-state index in [0.717, 1.165) is 13.0 Å². The van der Waals surface area contributed by atoms with E-state index in [1.165, 1.54) is 10.5 Å². The van der Waals surface area contributed by atoms with Crippen molar-refractivity contribution >= 4 is 40.0 Å². The Morgan fingerprint density at radius 2 is 1.83 bits per heavy atom. The third kappa shape index (κ3) is 9.53. The Balaban J connectivity index is 0. The molecule has 0 fully saturated rings. The molecule has 0 saturated carbocycles. The number of hydrogen-bond acceptors (Lipinski definition) is 2. The molecule has 0 amide bonds. The van der Waals surface area contributed by atoms with E-state index in [4.69, 9.17) is 4.43 Å². The molecule has 0 spiro atoms. The fourth-order valence-corrected chi connectivity index (χ4v) is 23.0. The maximum Gasteiger partial charge on any atom is -0.147 e. The summed E-state index contributed by atoms with van der Waals surface area (Å²) in [4.78, 5) is 0. The summed E-state index contributed by atoms with van der Waals surface area (Å²) in [5.41, 5.74) is 0.185. The molecule has 1 N–H and O–H groups in total. The Morgan fingerprint density at radius 3 is 2.22 bits per heavy atom. The van der Waals surface area contributed by atoms with Crippen molar-refractivity contribution in [3.05, 3.63) is 21.5 Å². The first-order valence-corrected chi connectivity index (χ1v) is 24.2. The van der Waals surface area contributed by atoms with Crippen molar-refractivity contribution in [2.75, 3.05) is 6.61 Å². The molecule has 7 heteroatoms. The smallest absolute Gasteiger partial charge is 0.147 e. The number of allylic oxidation sites excluding steroid dienone is 4. The Bertz CT molecular complexity index is 507. The van der Waals surface area contributed by atoms with Gasteiger partial charge in [-0.05, 0) is 0 Å². The second-order valence-electron chi connectivity index (χ2n) is 9.05. The molecule has 1 rings (SSSR count). The van der Waals surface area contributed by atoms with Crippen LogP contribution >= 0.6 is 24.8 Å². The van der Waals surface area contributed by atoms with E-state index < -0.39 is 26.0 Å². The van der Waals surface area contributed by atoms with Crippen LogP contribution in [-0.4, -0.2) is 27.3 Å². The molecular weight excluding hydrogens is 440 g/mol. The number of halogens is 2. The molecule has 0 aliphatic heterocycles. The summed E-state index contributed by atoms with van der Waals surface area (Å²) >= 11 is -3.03. The molecule has 0 aromatic heterocycles.